The van der Waals surface area contributed by atoms with Gasteiger partial charge >= 0.3 is 0 Å². The summed E-state index contributed by atoms with van der Waals surface area (Å²) < 4.78 is 10.7. The lowest BCUT2D eigenvalue weighted by Crippen LogP contribution is -2.37. The summed E-state index contributed by atoms with van der Waals surface area (Å²) in [5.41, 5.74) is 1.69. The molecule has 0 saturated heterocycles. The second-order valence-electron chi connectivity index (χ2n) is 5.02. The molecule has 0 radical (unpaired) electrons. The molecule has 1 rings (SSSR count). The molecule has 2 N–H and O–H groups in total. The number of aliphatic hydroxyl groups excluding tert-OH is 1. The number of benzene rings is 1. The first-order valence-corrected chi connectivity index (χ1v) is 6.54. The van der Waals surface area contributed by atoms with Gasteiger partial charge in [-0.2, -0.15) is 0 Å². The Kier molecular flexibility index (Phi) is 5.63. The minimum atomic E-state index is -0.621. The standard InChI is InChI=1S/C15H25NO3/c1-9(2)13(16-4)14(17)11-7-8-12(18-5)10(3)15(11)19-6/h7-9,13-14,16-17H,1-6H3. The van der Waals surface area contributed by atoms with Crippen molar-refractivity contribution in [2.75, 3.05) is 21.3 Å². The number of methoxy groups -OCH3 is 2. The smallest absolute Gasteiger partial charge is 0.131 e. The van der Waals surface area contributed by atoms with Crippen LogP contribution in [0, 0.1) is 12.8 Å². The maximum atomic E-state index is 10.6. The molecule has 0 aromatic heterocycles. The Labute approximate surface area is 115 Å². The van der Waals surface area contributed by atoms with E-state index in [2.05, 4.69) is 19.2 Å². The number of rotatable bonds is 6. The summed E-state index contributed by atoms with van der Waals surface area (Å²) in [6.07, 6.45) is -0.621. The number of aliphatic hydroxyl groups is 1. The van der Waals surface area contributed by atoms with Crippen LogP contribution in [0.15, 0.2) is 12.1 Å². The molecular formula is C15H25NO3. The fourth-order valence-corrected chi connectivity index (χ4v) is 2.47. The number of ether oxygens (including phenoxy) is 2. The zero-order valence-corrected chi connectivity index (χ0v) is 12.7. The number of likely N-dealkylation sites (N-methyl/N-ethyl adjacent to an activating group) is 1. The third kappa shape index (κ3) is 3.19. The van der Waals surface area contributed by atoms with Gasteiger partial charge in [0.1, 0.15) is 11.5 Å². The van der Waals surface area contributed by atoms with Gasteiger partial charge in [0.25, 0.3) is 0 Å². The van der Waals surface area contributed by atoms with Crippen molar-refractivity contribution < 1.29 is 14.6 Å². The molecule has 0 aliphatic carbocycles. The van der Waals surface area contributed by atoms with Crippen molar-refractivity contribution in [2.24, 2.45) is 5.92 Å². The van der Waals surface area contributed by atoms with Gasteiger partial charge in [-0.3, -0.25) is 0 Å². The molecule has 0 amide bonds. The van der Waals surface area contributed by atoms with Gasteiger partial charge in [0.15, 0.2) is 0 Å². The minimum Gasteiger partial charge on any atom is -0.496 e. The van der Waals surface area contributed by atoms with Crippen molar-refractivity contribution in [1.29, 1.82) is 0 Å². The molecule has 19 heavy (non-hydrogen) atoms. The lowest BCUT2D eigenvalue weighted by Gasteiger charge is -2.28. The van der Waals surface area contributed by atoms with Crippen LogP contribution >= 0.6 is 0 Å². The van der Waals surface area contributed by atoms with Crippen molar-refractivity contribution in [3.8, 4) is 11.5 Å². The second kappa shape index (κ2) is 6.78. The molecule has 4 nitrogen and oxygen atoms in total. The quantitative estimate of drug-likeness (QED) is 0.830. The Morgan fingerprint density at radius 2 is 1.79 bits per heavy atom. The summed E-state index contributed by atoms with van der Waals surface area (Å²) in [5, 5.41) is 13.7. The van der Waals surface area contributed by atoms with E-state index in [4.69, 9.17) is 9.47 Å². The highest BCUT2D eigenvalue weighted by Gasteiger charge is 2.26. The Balaban J connectivity index is 3.23. The summed E-state index contributed by atoms with van der Waals surface area (Å²) in [6.45, 7) is 6.08. The van der Waals surface area contributed by atoms with Crippen molar-refractivity contribution in [2.45, 2.75) is 32.9 Å². The van der Waals surface area contributed by atoms with Crippen LogP contribution in [0.5, 0.6) is 11.5 Å². The minimum absolute atomic E-state index is 0.0262. The van der Waals surface area contributed by atoms with Crippen LogP contribution in [0.1, 0.15) is 31.1 Å². The maximum absolute atomic E-state index is 10.6. The fraction of sp³-hybridized carbons (Fsp3) is 0.600. The number of hydrogen-bond donors (Lipinski definition) is 2. The number of hydrogen-bond acceptors (Lipinski definition) is 4. The molecular weight excluding hydrogens is 242 g/mol. The van der Waals surface area contributed by atoms with E-state index in [0.29, 0.717) is 11.7 Å². The Morgan fingerprint density at radius 1 is 1.16 bits per heavy atom. The van der Waals surface area contributed by atoms with E-state index >= 15 is 0 Å². The van der Waals surface area contributed by atoms with Crippen molar-refractivity contribution in [3.63, 3.8) is 0 Å². The molecule has 0 spiro atoms. The molecule has 0 aliphatic rings. The molecule has 0 fully saturated rings. The summed E-state index contributed by atoms with van der Waals surface area (Å²) in [5.74, 6) is 1.76. The molecule has 108 valence electrons. The van der Waals surface area contributed by atoms with E-state index in [9.17, 15) is 5.11 Å². The van der Waals surface area contributed by atoms with Crippen molar-refractivity contribution in [3.05, 3.63) is 23.3 Å². The summed E-state index contributed by atoms with van der Waals surface area (Å²) in [7, 11) is 5.10. The zero-order chi connectivity index (χ0) is 14.6. The van der Waals surface area contributed by atoms with Crippen molar-refractivity contribution in [1.82, 2.24) is 5.32 Å². The first kappa shape index (κ1) is 15.8. The van der Waals surface area contributed by atoms with Crippen LogP contribution in [0.3, 0.4) is 0 Å². The Bertz CT molecular complexity index is 418. The first-order valence-electron chi connectivity index (χ1n) is 6.54. The maximum Gasteiger partial charge on any atom is 0.131 e. The van der Waals surface area contributed by atoms with E-state index in [-0.39, 0.29) is 6.04 Å². The van der Waals surface area contributed by atoms with E-state index in [1.54, 1.807) is 14.2 Å². The van der Waals surface area contributed by atoms with E-state index in [1.807, 2.05) is 26.1 Å². The van der Waals surface area contributed by atoms with E-state index in [1.165, 1.54) is 0 Å². The molecule has 2 unspecified atom stereocenters. The van der Waals surface area contributed by atoms with Crippen molar-refractivity contribution >= 4 is 0 Å². The molecule has 0 bridgehead atoms. The predicted octanol–water partition coefficient (Wildman–Crippen LogP) is 2.29. The van der Waals surface area contributed by atoms with Gasteiger partial charge in [0.05, 0.1) is 20.3 Å². The van der Waals surface area contributed by atoms with Crippen LogP contribution in [0.4, 0.5) is 0 Å². The van der Waals surface area contributed by atoms with Crippen LogP contribution in [0.2, 0.25) is 0 Å². The normalized spacial score (nSPS) is 14.3. The molecule has 1 aromatic carbocycles. The highest BCUT2D eigenvalue weighted by atomic mass is 16.5. The van der Waals surface area contributed by atoms with Gasteiger partial charge < -0.3 is 19.9 Å². The third-order valence-corrected chi connectivity index (χ3v) is 3.52. The van der Waals surface area contributed by atoms with Gasteiger partial charge in [0, 0.05) is 17.2 Å². The summed E-state index contributed by atoms with van der Waals surface area (Å²) in [6, 6.07) is 3.70. The highest BCUT2D eigenvalue weighted by molar-refractivity contribution is 5.50. The lowest BCUT2D eigenvalue weighted by molar-refractivity contribution is 0.107. The van der Waals surface area contributed by atoms with Gasteiger partial charge in [-0.25, -0.2) is 0 Å². The van der Waals surface area contributed by atoms with Gasteiger partial charge in [-0.15, -0.1) is 0 Å². The zero-order valence-electron chi connectivity index (χ0n) is 12.7. The molecule has 0 aliphatic heterocycles. The van der Waals surface area contributed by atoms with Gasteiger partial charge in [0.2, 0.25) is 0 Å². The lowest BCUT2D eigenvalue weighted by atomic mass is 9.92. The largest absolute Gasteiger partial charge is 0.496 e. The van der Waals surface area contributed by atoms with Crippen LogP contribution in [0.25, 0.3) is 0 Å². The molecule has 0 heterocycles. The predicted molar refractivity (Wildman–Crippen MR) is 76.9 cm³/mol. The average Bonchev–Trinajstić information content (AvgIpc) is 2.38. The molecule has 0 saturated carbocycles. The second-order valence-corrected chi connectivity index (χ2v) is 5.02. The fourth-order valence-electron chi connectivity index (χ4n) is 2.47. The summed E-state index contributed by atoms with van der Waals surface area (Å²) in [4.78, 5) is 0. The topological polar surface area (TPSA) is 50.7 Å². The molecule has 2 atom stereocenters. The van der Waals surface area contributed by atoms with Crippen LogP contribution < -0.4 is 14.8 Å². The third-order valence-electron chi connectivity index (χ3n) is 3.52. The Morgan fingerprint density at radius 3 is 2.21 bits per heavy atom. The number of nitrogens with one attached hydrogen (secondary N) is 1. The highest BCUT2D eigenvalue weighted by Crippen LogP contribution is 2.36. The van der Waals surface area contributed by atoms with Crippen LogP contribution in [-0.2, 0) is 0 Å². The van der Waals surface area contributed by atoms with Gasteiger partial charge in [-0.05, 0) is 32.0 Å². The Hall–Kier alpha value is -1.26. The van der Waals surface area contributed by atoms with Crippen LogP contribution in [-0.4, -0.2) is 32.4 Å². The molecule has 4 heteroatoms. The van der Waals surface area contributed by atoms with Gasteiger partial charge in [-0.1, -0.05) is 13.8 Å². The van der Waals surface area contributed by atoms with E-state index in [0.717, 1.165) is 16.9 Å². The SMILES string of the molecule is CNC(C(C)C)C(O)c1ccc(OC)c(C)c1OC. The van der Waals surface area contributed by atoms with E-state index < -0.39 is 6.10 Å². The molecule has 1 aromatic rings. The summed E-state index contributed by atoms with van der Waals surface area (Å²) >= 11 is 0. The average molecular weight is 267 g/mol. The monoisotopic (exact) mass is 267 g/mol. The first-order chi connectivity index (χ1) is 8.97.